The van der Waals surface area contributed by atoms with Gasteiger partial charge in [-0.2, -0.15) is 0 Å². The lowest BCUT2D eigenvalue weighted by Gasteiger charge is -2.11. The summed E-state index contributed by atoms with van der Waals surface area (Å²) < 4.78 is 5.68. The van der Waals surface area contributed by atoms with Gasteiger partial charge in [-0.05, 0) is 18.2 Å². The summed E-state index contributed by atoms with van der Waals surface area (Å²) >= 11 is 9.44. The summed E-state index contributed by atoms with van der Waals surface area (Å²) in [4.78, 5) is 10.1. The van der Waals surface area contributed by atoms with E-state index in [1.165, 1.54) is 12.1 Å². The predicted molar refractivity (Wildman–Crippen MR) is 77.3 cm³/mol. The summed E-state index contributed by atoms with van der Waals surface area (Å²) in [6.07, 6.45) is 0. The van der Waals surface area contributed by atoms with E-state index in [2.05, 4.69) is 15.9 Å². The minimum Gasteiger partial charge on any atom is -0.455 e. The lowest BCUT2D eigenvalue weighted by molar-refractivity contribution is -0.384. The number of benzene rings is 2. The molecule has 0 radical (unpaired) electrons. The zero-order valence-corrected chi connectivity index (χ0v) is 12.0. The Morgan fingerprint density at radius 2 is 1.89 bits per heavy atom. The van der Waals surface area contributed by atoms with E-state index in [0.29, 0.717) is 21.9 Å². The highest BCUT2D eigenvalue weighted by Crippen LogP contribution is 2.34. The topological polar surface area (TPSA) is 52.4 Å². The van der Waals surface area contributed by atoms with E-state index in [4.69, 9.17) is 16.3 Å². The molecule has 2 aromatic rings. The van der Waals surface area contributed by atoms with Crippen molar-refractivity contribution in [1.29, 1.82) is 0 Å². The maximum Gasteiger partial charge on any atom is 0.269 e. The second-order valence-electron chi connectivity index (χ2n) is 3.71. The van der Waals surface area contributed by atoms with Gasteiger partial charge < -0.3 is 4.74 Å². The summed E-state index contributed by atoms with van der Waals surface area (Å²) in [5.74, 6) is 1.05. The molecule has 6 heteroatoms. The third-order valence-corrected chi connectivity index (χ3v) is 3.36. The van der Waals surface area contributed by atoms with Gasteiger partial charge in [0.05, 0.1) is 9.95 Å². The van der Waals surface area contributed by atoms with E-state index in [-0.39, 0.29) is 5.69 Å². The smallest absolute Gasteiger partial charge is 0.269 e. The van der Waals surface area contributed by atoms with Crippen LogP contribution in [0.4, 0.5) is 5.69 Å². The molecule has 0 N–H and O–H groups in total. The minimum absolute atomic E-state index is 0.0206. The van der Waals surface area contributed by atoms with Crippen molar-refractivity contribution in [3.05, 3.63) is 63.2 Å². The van der Waals surface area contributed by atoms with Gasteiger partial charge in [-0.25, -0.2) is 0 Å². The third-order valence-electron chi connectivity index (χ3n) is 2.46. The molecule has 0 spiro atoms. The maximum absolute atomic E-state index is 10.6. The van der Waals surface area contributed by atoms with E-state index >= 15 is 0 Å². The van der Waals surface area contributed by atoms with Crippen molar-refractivity contribution in [1.82, 2.24) is 0 Å². The van der Waals surface area contributed by atoms with Gasteiger partial charge in [-0.1, -0.05) is 39.7 Å². The molecule has 0 aliphatic carbocycles. The highest BCUT2D eigenvalue weighted by atomic mass is 79.9. The summed E-state index contributed by atoms with van der Waals surface area (Å²) in [7, 11) is 0. The zero-order valence-electron chi connectivity index (χ0n) is 9.68. The third kappa shape index (κ3) is 3.24. The Bertz CT molecular complexity index is 601. The SMILES string of the molecule is O=[N+]([O-])c1ccc(Oc2c(Cl)cccc2CBr)cc1. The molecule has 2 rings (SSSR count). The van der Waals surface area contributed by atoms with Gasteiger partial charge in [-0.3, -0.25) is 10.1 Å². The molecule has 2 aromatic carbocycles. The molecule has 0 heterocycles. The number of nitrogens with zero attached hydrogens (tertiary/aromatic N) is 1. The number of hydrogen-bond donors (Lipinski definition) is 0. The van der Waals surface area contributed by atoms with E-state index in [9.17, 15) is 10.1 Å². The van der Waals surface area contributed by atoms with Crippen molar-refractivity contribution in [3.8, 4) is 11.5 Å². The van der Waals surface area contributed by atoms with Crippen LogP contribution in [0, 0.1) is 10.1 Å². The molecule has 0 aliphatic rings. The molecule has 98 valence electrons. The molecule has 0 aliphatic heterocycles. The average Bonchev–Trinajstić information content (AvgIpc) is 2.41. The number of para-hydroxylation sites is 1. The van der Waals surface area contributed by atoms with Crippen LogP contribution in [0.1, 0.15) is 5.56 Å². The number of rotatable bonds is 4. The van der Waals surface area contributed by atoms with Crippen LogP contribution in [0.15, 0.2) is 42.5 Å². The Morgan fingerprint density at radius 1 is 1.21 bits per heavy atom. The number of ether oxygens (including phenoxy) is 1. The first-order chi connectivity index (χ1) is 9.11. The number of nitro benzene ring substituents is 1. The normalized spacial score (nSPS) is 10.2. The van der Waals surface area contributed by atoms with Crippen LogP contribution in [0.3, 0.4) is 0 Å². The molecule has 0 aromatic heterocycles. The Labute approximate surface area is 123 Å². The first-order valence-electron chi connectivity index (χ1n) is 5.37. The molecule has 0 unspecified atom stereocenters. The number of non-ortho nitro benzene ring substituents is 1. The molecule has 0 atom stereocenters. The van der Waals surface area contributed by atoms with Crippen molar-refractivity contribution in [3.63, 3.8) is 0 Å². The standard InChI is InChI=1S/C13H9BrClNO3/c14-8-9-2-1-3-12(15)13(9)19-11-6-4-10(5-7-11)16(17)18/h1-7H,8H2. The van der Waals surface area contributed by atoms with Crippen LogP contribution in [-0.2, 0) is 5.33 Å². The summed E-state index contributed by atoms with van der Waals surface area (Å²) in [6.45, 7) is 0. The van der Waals surface area contributed by atoms with E-state index in [0.717, 1.165) is 5.56 Å². The number of halogens is 2. The predicted octanol–water partition coefficient (Wildman–Crippen LogP) is 4.94. The van der Waals surface area contributed by atoms with Crippen molar-refractivity contribution in [2.24, 2.45) is 0 Å². The Balaban J connectivity index is 2.28. The van der Waals surface area contributed by atoms with E-state index < -0.39 is 4.92 Å². The average molecular weight is 343 g/mol. The largest absolute Gasteiger partial charge is 0.455 e. The lowest BCUT2D eigenvalue weighted by Crippen LogP contribution is -1.91. The molecular formula is C13H9BrClNO3. The summed E-state index contributed by atoms with van der Waals surface area (Å²) in [6, 6.07) is 11.3. The van der Waals surface area contributed by atoms with Crippen LogP contribution >= 0.6 is 27.5 Å². The van der Waals surface area contributed by atoms with Crippen LogP contribution in [-0.4, -0.2) is 4.92 Å². The van der Waals surface area contributed by atoms with Gasteiger partial charge in [0.1, 0.15) is 11.5 Å². The Hall–Kier alpha value is -1.59. The lowest BCUT2D eigenvalue weighted by atomic mass is 10.2. The first-order valence-corrected chi connectivity index (χ1v) is 6.87. The molecule has 0 saturated carbocycles. The highest BCUT2D eigenvalue weighted by Gasteiger charge is 2.10. The molecular weight excluding hydrogens is 334 g/mol. The maximum atomic E-state index is 10.6. The van der Waals surface area contributed by atoms with Crippen molar-refractivity contribution in [2.45, 2.75) is 5.33 Å². The van der Waals surface area contributed by atoms with Crippen molar-refractivity contribution >= 4 is 33.2 Å². The van der Waals surface area contributed by atoms with Crippen LogP contribution in [0.25, 0.3) is 0 Å². The Kier molecular flexibility index (Phi) is 4.39. The van der Waals surface area contributed by atoms with Crippen molar-refractivity contribution < 1.29 is 9.66 Å². The fraction of sp³-hybridized carbons (Fsp3) is 0.0769. The molecule has 4 nitrogen and oxygen atoms in total. The molecule has 0 fully saturated rings. The summed E-state index contributed by atoms with van der Waals surface area (Å²) in [5.41, 5.74) is 0.929. The van der Waals surface area contributed by atoms with Crippen LogP contribution in [0.2, 0.25) is 5.02 Å². The molecule has 0 saturated heterocycles. The van der Waals surface area contributed by atoms with Gasteiger partial charge in [-0.15, -0.1) is 0 Å². The fourth-order valence-electron chi connectivity index (χ4n) is 1.53. The van der Waals surface area contributed by atoms with Crippen LogP contribution in [0.5, 0.6) is 11.5 Å². The van der Waals surface area contributed by atoms with Gasteiger partial charge in [0.15, 0.2) is 0 Å². The molecule has 0 amide bonds. The molecule has 19 heavy (non-hydrogen) atoms. The first kappa shape index (κ1) is 13.8. The number of alkyl halides is 1. The molecule has 0 bridgehead atoms. The highest BCUT2D eigenvalue weighted by molar-refractivity contribution is 9.08. The second-order valence-corrected chi connectivity index (χ2v) is 4.68. The zero-order chi connectivity index (χ0) is 13.8. The van der Waals surface area contributed by atoms with Gasteiger partial charge >= 0.3 is 0 Å². The summed E-state index contributed by atoms with van der Waals surface area (Å²) in [5, 5.41) is 11.7. The minimum atomic E-state index is -0.455. The number of hydrogen-bond acceptors (Lipinski definition) is 3. The van der Waals surface area contributed by atoms with Gasteiger partial charge in [0.2, 0.25) is 0 Å². The van der Waals surface area contributed by atoms with Crippen molar-refractivity contribution in [2.75, 3.05) is 0 Å². The quantitative estimate of drug-likeness (QED) is 0.449. The van der Waals surface area contributed by atoms with E-state index in [1.54, 1.807) is 18.2 Å². The van der Waals surface area contributed by atoms with Gasteiger partial charge in [0.25, 0.3) is 5.69 Å². The van der Waals surface area contributed by atoms with Gasteiger partial charge in [0, 0.05) is 23.0 Å². The Morgan fingerprint density at radius 3 is 2.47 bits per heavy atom. The monoisotopic (exact) mass is 341 g/mol. The number of nitro groups is 1. The fourth-order valence-corrected chi connectivity index (χ4v) is 2.20. The van der Waals surface area contributed by atoms with Crippen LogP contribution < -0.4 is 4.74 Å². The second kappa shape index (κ2) is 6.04. The van der Waals surface area contributed by atoms with E-state index in [1.807, 2.05) is 12.1 Å².